The van der Waals surface area contributed by atoms with Crippen LogP contribution in [0.4, 0.5) is 0 Å². The van der Waals surface area contributed by atoms with E-state index in [0.29, 0.717) is 0 Å². The second-order valence-electron chi connectivity index (χ2n) is 5.36. The van der Waals surface area contributed by atoms with Gasteiger partial charge in [0.25, 0.3) is 0 Å². The monoisotopic (exact) mass is 261 g/mol. The Morgan fingerprint density at radius 2 is 1.88 bits per heavy atom. The fourth-order valence-corrected chi connectivity index (χ4v) is 2.87. The summed E-state index contributed by atoms with van der Waals surface area (Å²) in [6.45, 7) is 10.0. The number of ether oxygens (including phenoxy) is 1. The van der Waals surface area contributed by atoms with E-state index >= 15 is 0 Å². The molecular weight excluding hydrogens is 238 g/mol. The van der Waals surface area contributed by atoms with Gasteiger partial charge >= 0.3 is 0 Å². The van der Waals surface area contributed by atoms with Crippen LogP contribution >= 0.6 is 11.6 Å². The highest BCUT2D eigenvalue weighted by atomic mass is 35.5. The summed E-state index contributed by atoms with van der Waals surface area (Å²) in [6.07, 6.45) is 0.947. The number of rotatable bonds is 4. The van der Waals surface area contributed by atoms with Crippen LogP contribution in [0.5, 0.6) is 0 Å². The standard InChI is InChI=1S/C13H24ClNO2/c1-7(14)6-8(2)15-13(16)12-9(3)10(4)17-11(12)5/h7-12H,6H2,1-5H3,(H,15,16). The van der Waals surface area contributed by atoms with Crippen molar-refractivity contribution in [3.05, 3.63) is 0 Å². The van der Waals surface area contributed by atoms with Gasteiger partial charge in [-0.2, -0.15) is 0 Å². The van der Waals surface area contributed by atoms with Gasteiger partial charge in [-0.15, -0.1) is 11.6 Å². The molecule has 1 aliphatic rings. The molecule has 1 N–H and O–H groups in total. The first kappa shape index (κ1) is 14.8. The number of hydrogen-bond donors (Lipinski definition) is 1. The minimum atomic E-state index is -0.0434. The summed E-state index contributed by atoms with van der Waals surface area (Å²) in [5, 5.41) is 3.11. The molecule has 0 saturated carbocycles. The highest BCUT2D eigenvalue weighted by Crippen LogP contribution is 2.32. The minimum Gasteiger partial charge on any atom is -0.374 e. The Balaban J connectivity index is 2.52. The number of alkyl halides is 1. The second-order valence-corrected chi connectivity index (χ2v) is 6.10. The summed E-state index contributed by atoms with van der Waals surface area (Å²) in [5.74, 6) is 0.322. The van der Waals surface area contributed by atoms with Crippen LogP contribution in [0.3, 0.4) is 0 Å². The Labute approximate surface area is 109 Å². The normalized spacial score (nSPS) is 36.6. The Kier molecular flexibility index (Phi) is 5.26. The maximum absolute atomic E-state index is 12.2. The maximum Gasteiger partial charge on any atom is 0.226 e. The third-order valence-electron chi connectivity index (χ3n) is 3.61. The molecule has 1 fully saturated rings. The van der Waals surface area contributed by atoms with Crippen LogP contribution < -0.4 is 5.32 Å². The van der Waals surface area contributed by atoms with E-state index in [-0.39, 0.29) is 41.4 Å². The summed E-state index contributed by atoms with van der Waals surface area (Å²) in [7, 11) is 0. The third kappa shape index (κ3) is 3.85. The number of nitrogens with one attached hydrogen (secondary N) is 1. The molecule has 1 amide bonds. The van der Waals surface area contributed by atoms with Gasteiger partial charge in [0.15, 0.2) is 0 Å². The maximum atomic E-state index is 12.2. The highest BCUT2D eigenvalue weighted by molar-refractivity contribution is 6.20. The lowest BCUT2D eigenvalue weighted by molar-refractivity contribution is -0.127. The van der Waals surface area contributed by atoms with Gasteiger partial charge in [0.2, 0.25) is 5.91 Å². The fraction of sp³-hybridized carbons (Fsp3) is 0.923. The largest absolute Gasteiger partial charge is 0.374 e. The smallest absolute Gasteiger partial charge is 0.226 e. The van der Waals surface area contributed by atoms with Crippen molar-refractivity contribution in [2.45, 2.75) is 64.7 Å². The zero-order chi connectivity index (χ0) is 13.2. The number of hydrogen-bond acceptors (Lipinski definition) is 2. The van der Waals surface area contributed by atoms with Crippen LogP contribution in [0.15, 0.2) is 0 Å². The van der Waals surface area contributed by atoms with Gasteiger partial charge < -0.3 is 10.1 Å². The predicted molar refractivity (Wildman–Crippen MR) is 70.2 cm³/mol. The Morgan fingerprint density at radius 1 is 1.29 bits per heavy atom. The number of carbonyl (C=O) groups excluding carboxylic acids is 1. The van der Waals surface area contributed by atoms with Crippen molar-refractivity contribution in [3.63, 3.8) is 0 Å². The average Bonchev–Trinajstić information content (AvgIpc) is 2.39. The molecule has 17 heavy (non-hydrogen) atoms. The molecule has 0 radical (unpaired) electrons. The SMILES string of the molecule is CC(Cl)CC(C)NC(=O)C1C(C)OC(C)C1C. The van der Waals surface area contributed by atoms with Crippen LogP contribution in [0.2, 0.25) is 0 Å². The molecule has 1 heterocycles. The number of halogens is 1. The second kappa shape index (κ2) is 6.05. The van der Waals surface area contributed by atoms with Crippen molar-refractivity contribution in [2.75, 3.05) is 0 Å². The summed E-state index contributed by atoms with van der Waals surface area (Å²) < 4.78 is 5.68. The zero-order valence-corrected chi connectivity index (χ0v) is 12.1. The molecule has 100 valence electrons. The molecule has 0 aromatic heterocycles. The molecule has 1 aliphatic heterocycles. The van der Waals surface area contributed by atoms with Gasteiger partial charge in [0.05, 0.1) is 18.1 Å². The molecule has 0 aliphatic carbocycles. The van der Waals surface area contributed by atoms with Crippen LogP contribution in [0.25, 0.3) is 0 Å². The van der Waals surface area contributed by atoms with Crippen molar-refractivity contribution in [3.8, 4) is 0 Å². The van der Waals surface area contributed by atoms with E-state index in [1.807, 2.05) is 27.7 Å². The van der Waals surface area contributed by atoms with Gasteiger partial charge in [-0.3, -0.25) is 4.79 Å². The number of carbonyl (C=O) groups is 1. The lowest BCUT2D eigenvalue weighted by Gasteiger charge is -2.22. The van der Waals surface area contributed by atoms with E-state index < -0.39 is 0 Å². The summed E-state index contributed by atoms with van der Waals surface area (Å²) in [4.78, 5) is 12.2. The van der Waals surface area contributed by atoms with Gasteiger partial charge in [0.1, 0.15) is 0 Å². The molecule has 6 unspecified atom stereocenters. The molecule has 0 aromatic carbocycles. The molecule has 1 saturated heterocycles. The van der Waals surface area contributed by atoms with Gasteiger partial charge in [-0.05, 0) is 40.0 Å². The first-order valence-corrected chi connectivity index (χ1v) is 6.86. The van der Waals surface area contributed by atoms with Crippen molar-refractivity contribution in [1.29, 1.82) is 0 Å². The zero-order valence-electron chi connectivity index (χ0n) is 11.4. The van der Waals surface area contributed by atoms with Gasteiger partial charge in [-0.1, -0.05) is 6.92 Å². The fourth-order valence-electron chi connectivity index (χ4n) is 2.60. The number of amides is 1. The summed E-state index contributed by atoms with van der Waals surface area (Å²) >= 11 is 5.92. The molecule has 0 spiro atoms. The van der Waals surface area contributed by atoms with Crippen LogP contribution in [0, 0.1) is 11.8 Å². The molecule has 1 rings (SSSR count). The topological polar surface area (TPSA) is 38.3 Å². The Morgan fingerprint density at radius 3 is 2.29 bits per heavy atom. The van der Waals surface area contributed by atoms with E-state index in [1.165, 1.54) is 0 Å². The lowest BCUT2D eigenvalue weighted by Crippen LogP contribution is -2.42. The van der Waals surface area contributed by atoms with E-state index in [2.05, 4.69) is 12.2 Å². The molecular formula is C13H24ClNO2. The molecule has 6 atom stereocenters. The first-order valence-electron chi connectivity index (χ1n) is 6.42. The van der Waals surface area contributed by atoms with Crippen molar-refractivity contribution < 1.29 is 9.53 Å². The van der Waals surface area contributed by atoms with Crippen molar-refractivity contribution in [2.24, 2.45) is 11.8 Å². The molecule has 0 bridgehead atoms. The average molecular weight is 262 g/mol. The first-order chi connectivity index (χ1) is 7.82. The van der Waals surface area contributed by atoms with E-state index in [1.54, 1.807) is 0 Å². The molecule has 3 nitrogen and oxygen atoms in total. The van der Waals surface area contributed by atoms with Gasteiger partial charge in [0, 0.05) is 11.4 Å². The quantitative estimate of drug-likeness (QED) is 0.790. The summed E-state index contributed by atoms with van der Waals surface area (Å²) in [6, 6.07) is 0.116. The summed E-state index contributed by atoms with van der Waals surface area (Å²) in [5.41, 5.74) is 0. The van der Waals surface area contributed by atoms with Crippen LogP contribution in [-0.2, 0) is 9.53 Å². The Hall–Kier alpha value is -0.280. The Bertz CT molecular complexity index is 270. The van der Waals surface area contributed by atoms with Crippen molar-refractivity contribution >= 4 is 17.5 Å². The van der Waals surface area contributed by atoms with Crippen molar-refractivity contribution in [1.82, 2.24) is 5.32 Å². The molecule has 4 heteroatoms. The van der Waals surface area contributed by atoms with E-state index in [4.69, 9.17) is 16.3 Å². The lowest BCUT2D eigenvalue weighted by atomic mass is 9.88. The van der Waals surface area contributed by atoms with Gasteiger partial charge in [-0.25, -0.2) is 0 Å². The molecule has 0 aromatic rings. The third-order valence-corrected chi connectivity index (χ3v) is 3.79. The van der Waals surface area contributed by atoms with E-state index in [9.17, 15) is 4.79 Å². The predicted octanol–water partition coefficient (Wildman–Crippen LogP) is 2.57. The van der Waals surface area contributed by atoms with Crippen LogP contribution in [-0.4, -0.2) is 29.5 Å². The van der Waals surface area contributed by atoms with E-state index in [0.717, 1.165) is 6.42 Å². The van der Waals surface area contributed by atoms with Crippen LogP contribution in [0.1, 0.15) is 41.0 Å². The highest BCUT2D eigenvalue weighted by Gasteiger charge is 2.41. The minimum absolute atomic E-state index is 0.000579.